The molecule has 3 saturated carbocycles. The van der Waals surface area contributed by atoms with Gasteiger partial charge in [-0.2, -0.15) is 0 Å². The first-order chi connectivity index (χ1) is 18.4. The van der Waals surface area contributed by atoms with Crippen molar-refractivity contribution in [2.45, 2.75) is 77.2 Å². The molecule has 1 saturated heterocycles. The number of amides is 2. The second kappa shape index (κ2) is 10.5. The third-order valence-electron chi connectivity index (χ3n) is 11.3. The molecule has 4 fully saturated rings. The number of hydrogen-bond donors (Lipinski definition) is 2. The van der Waals surface area contributed by atoms with Crippen molar-refractivity contribution in [1.29, 1.82) is 0 Å². The molecule has 7 nitrogen and oxygen atoms in total. The third-order valence-corrected chi connectivity index (χ3v) is 11.3. The summed E-state index contributed by atoms with van der Waals surface area (Å²) in [7, 11) is 0. The molecule has 4 aliphatic carbocycles. The fourth-order valence-corrected chi connectivity index (χ4v) is 9.18. The summed E-state index contributed by atoms with van der Waals surface area (Å²) in [5.74, 6) is 2.50. The summed E-state index contributed by atoms with van der Waals surface area (Å²) in [5.41, 5.74) is 3.11. The van der Waals surface area contributed by atoms with Gasteiger partial charge < -0.3 is 19.8 Å². The quantitative estimate of drug-likeness (QED) is 0.548. The molecule has 7 atom stereocenters. The van der Waals surface area contributed by atoms with Crippen molar-refractivity contribution in [3.8, 4) is 0 Å². The number of urea groups is 1. The van der Waals surface area contributed by atoms with E-state index in [1.54, 1.807) is 17.9 Å². The van der Waals surface area contributed by atoms with Crippen LogP contribution in [0.4, 0.5) is 4.79 Å². The van der Waals surface area contributed by atoms with Gasteiger partial charge >= 0.3 is 11.7 Å². The Hall–Kier alpha value is -2.12. The Labute approximate surface area is 226 Å². The van der Waals surface area contributed by atoms with Crippen LogP contribution < -0.4 is 16.3 Å². The van der Waals surface area contributed by atoms with E-state index in [1.807, 2.05) is 6.07 Å². The summed E-state index contributed by atoms with van der Waals surface area (Å²) in [6.45, 7) is 10.1. The molecule has 0 spiro atoms. The van der Waals surface area contributed by atoms with Crippen molar-refractivity contribution in [2.75, 3.05) is 39.4 Å². The lowest BCUT2D eigenvalue weighted by atomic mass is 9.45. The van der Waals surface area contributed by atoms with Crippen LogP contribution in [-0.2, 0) is 4.74 Å². The molecule has 0 radical (unpaired) electrons. The van der Waals surface area contributed by atoms with Crippen molar-refractivity contribution in [3.05, 3.63) is 46.0 Å². The van der Waals surface area contributed by atoms with Gasteiger partial charge in [0.15, 0.2) is 0 Å². The van der Waals surface area contributed by atoms with Gasteiger partial charge in [0.1, 0.15) is 0 Å². The van der Waals surface area contributed by atoms with Crippen LogP contribution in [0.3, 0.4) is 0 Å². The van der Waals surface area contributed by atoms with E-state index in [-0.39, 0.29) is 23.1 Å². The monoisotopic (exact) mass is 523 g/mol. The van der Waals surface area contributed by atoms with E-state index in [4.69, 9.17) is 9.15 Å². The number of allylic oxidation sites excluding steroid dienone is 2. The molecule has 0 unspecified atom stereocenters. The first-order valence-electron chi connectivity index (χ1n) is 15.0. The zero-order valence-electron chi connectivity index (χ0n) is 23.2. The lowest BCUT2D eigenvalue weighted by Crippen LogP contribution is -2.54. The number of carbonyl (C=O) groups is 1. The SMILES string of the molecule is C[C@]12CC[C@H](NC(=O)NCCN3CCOCC3)C[C@H]1CC[C@H]1C3=CC[C@H](c4ccc(=O)oc4)[C@@]3(C)CC[C@@H]12. The van der Waals surface area contributed by atoms with Gasteiger partial charge in [-0.05, 0) is 97.5 Å². The number of hydrogen-bond acceptors (Lipinski definition) is 5. The van der Waals surface area contributed by atoms with E-state index in [0.29, 0.717) is 29.7 Å². The van der Waals surface area contributed by atoms with E-state index < -0.39 is 0 Å². The molecular weight excluding hydrogens is 478 g/mol. The minimum atomic E-state index is -0.268. The second-order valence-corrected chi connectivity index (χ2v) is 13.1. The highest BCUT2D eigenvalue weighted by atomic mass is 16.5. The zero-order chi connectivity index (χ0) is 26.3. The Bertz CT molecular complexity index is 1090. The summed E-state index contributed by atoms with van der Waals surface area (Å²) in [4.78, 5) is 26.5. The van der Waals surface area contributed by atoms with E-state index in [9.17, 15) is 9.59 Å². The van der Waals surface area contributed by atoms with Crippen molar-refractivity contribution >= 4 is 6.03 Å². The Morgan fingerprint density at radius 1 is 1.11 bits per heavy atom. The predicted octanol–water partition coefficient (Wildman–Crippen LogP) is 4.69. The number of nitrogens with one attached hydrogen (secondary N) is 2. The predicted molar refractivity (Wildman–Crippen MR) is 147 cm³/mol. The topological polar surface area (TPSA) is 83.8 Å². The molecule has 2 heterocycles. The van der Waals surface area contributed by atoms with E-state index in [1.165, 1.54) is 37.7 Å². The van der Waals surface area contributed by atoms with E-state index in [2.05, 4.69) is 35.5 Å². The van der Waals surface area contributed by atoms with Crippen LogP contribution in [0.5, 0.6) is 0 Å². The van der Waals surface area contributed by atoms with Crippen LogP contribution in [0.1, 0.15) is 76.7 Å². The smallest absolute Gasteiger partial charge is 0.335 e. The lowest BCUT2D eigenvalue weighted by Gasteiger charge is -2.60. The summed E-state index contributed by atoms with van der Waals surface area (Å²) in [6, 6.07) is 3.83. The fraction of sp³-hybridized carbons (Fsp3) is 0.742. The largest absolute Gasteiger partial charge is 0.431 e. The van der Waals surface area contributed by atoms with Gasteiger partial charge in [0, 0.05) is 38.3 Å². The Morgan fingerprint density at radius 3 is 2.74 bits per heavy atom. The Kier molecular flexibility index (Phi) is 7.19. The average Bonchev–Trinajstić information content (AvgIpc) is 3.27. The van der Waals surface area contributed by atoms with Gasteiger partial charge in [0.05, 0.1) is 19.5 Å². The van der Waals surface area contributed by atoms with Gasteiger partial charge in [0.2, 0.25) is 0 Å². The van der Waals surface area contributed by atoms with Crippen molar-refractivity contribution in [1.82, 2.24) is 15.5 Å². The molecule has 5 aliphatic rings. The minimum Gasteiger partial charge on any atom is -0.431 e. The Morgan fingerprint density at radius 2 is 1.95 bits per heavy atom. The summed E-state index contributed by atoms with van der Waals surface area (Å²) in [5, 5.41) is 6.40. The van der Waals surface area contributed by atoms with Gasteiger partial charge in [0.25, 0.3) is 0 Å². The average molecular weight is 524 g/mol. The zero-order valence-corrected chi connectivity index (χ0v) is 23.2. The molecule has 208 valence electrons. The molecule has 2 amide bonds. The standard InChI is InChI=1S/C31H45N3O4/c1-30-11-9-23(33-29(36)32-13-14-34-15-17-37-18-16-34)19-22(30)4-5-24-26-7-6-25(21-3-8-28(35)38-20-21)31(26,2)12-10-27(24)30/h3,7-8,20,22-25,27H,4-6,9-19H2,1-2H3,(H2,32,33,36)/t22-,23+,24+,25-,27+,30+,31-/m1/s1. The number of nitrogens with zero attached hydrogens (tertiary/aromatic N) is 1. The first-order valence-corrected chi connectivity index (χ1v) is 15.0. The summed E-state index contributed by atoms with van der Waals surface area (Å²) >= 11 is 0. The van der Waals surface area contributed by atoms with Crippen LogP contribution in [0, 0.1) is 28.6 Å². The van der Waals surface area contributed by atoms with Gasteiger partial charge in [-0.1, -0.05) is 25.5 Å². The molecule has 7 heteroatoms. The van der Waals surface area contributed by atoms with Crippen LogP contribution in [0.25, 0.3) is 0 Å². The molecule has 1 aliphatic heterocycles. The maximum Gasteiger partial charge on any atom is 0.335 e. The van der Waals surface area contributed by atoms with Crippen molar-refractivity contribution in [3.63, 3.8) is 0 Å². The van der Waals surface area contributed by atoms with Crippen LogP contribution in [0.15, 0.2) is 39.3 Å². The van der Waals surface area contributed by atoms with Crippen LogP contribution in [0.2, 0.25) is 0 Å². The highest BCUT2D eigenvalue weighted by molar-refractivity contribution is 5.74. The molecular formula is C31H45N3O4. The number of fused-ring (bicyclic) bond motifs is 5. The molecule has 0 aromatic carbocycles. The normalized spacial score (nSPS) is 38.9. The highest BCUT2D eigenvalue weighted by Gasteiger charge is 2.57. The third kappa shape index (κ3) is 4.74. The van der Waals surface area contributed by atoms with Crippen LogP contribution in [-0.4, -0.2) is 56.4 Å². The molecule has 0 bridgehead atoms. The molecule has 1 aromatic rings. The highest BCUT2D eigenvalue weighted by Crippen LogP contribution is 2.67. The number of ether oxygens (including phenoxy) is 1. The van der Waals surface area contributed by atoms with Gasteiger partial charge in [-0.15, -0.1) is 0 Å². The maximum absolute atomic E-state index is 12.7. The summed E-state index contributed by atoms with van der Waals surface area (Å²) in [6.07, 6.45) is 13.7. The summed E-state index contributed by atoms with van der Waals surface area (Å²) < 4.78 is 10.7. The first kappa shape index (κ1) is 26.1. The van der Waals surface area contributed by atoms with E-state index >= 15 is 0 Å². The lowest BCUT2D eigenvalue weighted by molar-refractivity contribution is -0.0585. The fourth-order valence-electron chi connectivity index (χ4n) is 9.18. The van der Waals surface area contributed by atoms with E-state index in [0.717, 1.165) is 58.0 Å². The number of morpholine rings is 1. The maximum atomic E-state index is 12.7. The molecule has 38 heavy (non-hydrogen) atoms. The number of rotatable bonds is 5. The van der Waals surface area contributed by atoms with Gasteiger partial charge in [-0.3, -0.25) is 4.90 Å². The molecule has 6 rings (SSSR count). The molecule has 1 aromatic heterocycles. The minimum absolute atomic E-state index is 0.00659. The Balaban J connectivity index is 1.05. The van der Waals surface area contributed by atoms with Crippen molar-refractivity contribution < 1.29 is 13.9 Å². The number of carbonyl (C=O) groups excluding carboxylic acids is 1. The second-order valence-electron chi connectivity index (χ2n) is 13.1. The van der Waals surface area contributed by atoms with Crippen LogP contribution >= 0.6 is 0 Å². The van der Waals surface area contributed by atoms with Gasteiger partial charge in [-0.25, -0.2) is 9.59 Å². The molecule has 2 N–H and O–H groups in total. The van der Waals surface area contributed by atoms with Crippen molar-refractivity contribution in [2.24, 2.45) is 28.6 Å².